The Kier molecular flexibility index (Phi) is 4.02. The zero-order chi connectivity index (χ0) is 14.0. The fourth-order valence-corrected chi connectivity index (χ4v) is 2.36. The first-order valence-corrected chi connectivity index (χ1v) is 6.53. The molecule has 0 saturated carbocycles. The van der Waals surface area contributed by atoms with Crippen molar-refractivity contribution >= 4 is 0 Å². The molecule has 4 nitrogen and oxygen atoms in total. The summed E-state index contributed by atoms with van der Waals surface area (Å²) in [4.78, 5) is 0. The Labute approximate surface area is 114 Å². The van der Waals surface area contributed by atoms with Crippen LogP contribution in [0.4, 0.5) is 0 Å². The molecule has 1 heterocycles. The highest BCUT2D eigenvalue weighted by atomic mass is 15.3. The highest BCUT2D eigenvalue weighted by Crippen LogP contribution is 2.22. The summed E-state index contributed by atoms with van der Waals surface area (Å²) in [5.74, 6) is 5.73. The van der Waals surface area contributed by atoms with Crippen LogP contribution in [0.1, 0.15) is 34.0 Å². The normalized spacial score (nSPS) is 12.7. The highest BCUT2D eigenvalue weighted by Gasteiger charge is 2.16. The van der Waals surface area contributed by atoms with Gasteiger partial charge >= 0.3 is 0 Å². The topological polar surface area (TPSA) is 55.9 Å². The van der Waals surface area contributed by atoms with Crippen LogP contribution in [-0.2, 0) is 13.5 Å². The molecular weight excluding hydrogens is 236 g/mol. The molecule has 1 aromatic carbocycles. The summed E-state index contributed by atoms with van der Waals surface area (Å²) < 4.78 is 1.88. The van der Waals surface area contributed by atoms with Crippen molar-refractivity contribution in [1.82, 2.24) is 15.2 Å². The minimum absolute atomic E-state index is 0.0919. The number of benzene rings is 1. The minimum Gasteiger partial charge on any atom is -0.273 e. The lowest BCUT2D eigenvalue weighted by atomic mass is 9.95. The van der Waals surface area contributed by atoms with Crippen molar-refractivity contribution in [1.29, 1.82) is 0 Å². The maximum Gasteiger partial charge on any atom is 0.0540 e. The van der Waals surface area contributed by atoms with Gasteiger partial charge in [-0.05, 0) is 38.3 Å². The molecule has 0 aliphatic heterocycles. The Morgan fingerprint density at radius 3 is 2.63 bits per heavy atom. The van der Waals surface area contributed by atoms with Crippen LogP contribution < -0.4 is 11.3 Å². The van der Waals surface area contributed by atoms with Gasteiger partial charge in [0.2, 0.25) is 0 Å². The van der Waals surface area contributed by atoms with Gasteiger partial charge in [0, 0.05) is 18.3 Å². The zero-order valence-corrected chi connectivity index (χ0v) is 12.1. The molecule has 1 aromatic heterocycles. The maximum atomic E-state index is 5.73. The second-order valence-electron chi connectivity index (χ2n) is 5.16. The van der Waals surface area contributed by atoms with Gasteiger partial charge in [0.05, 0.1) is 12.2 Å². The number of aryl methyl sites for hydroxylation is 3. The summed E-state index contributed by atoms with van der Waals surface area (Å²) in [6.07, 6.45) is 2.77. The van der Waals surface area contributed by atoms with Gasteiger partial charge in [-0.3, -0.25) is 16.0 Å². The quantitative estimate of drug-likeness (QED) is 0.652. The first kappa shape index (κ1) is 13.8. The molecule has 0 spiro atoms. The summed E-state index contributed by atoms with van der Waals surface area (Å²) in [6, 6.07) is 6.62. The fraction of sp³-hybridized carbons (Fsp3) is 0.400. The number of aromatic nitrogens is 2. The van der Waals surface area contributed by atoms with E-state index in [2.05, 4.69) is 49.5 Å². The molecule has 0 aliphatic rings. The van der Waals surface area contributed by atoms with Gasteiger partial charge in [-0.1, -0.05) is 23.8 Å². The average molecular weight is 258 g/mol. The van der Waals surface area contributed by atoms with Crippen LogP contribution in [0, 0.1) is 20.8 Å². The number of nitrogens with zero attached hydrogens (tertiary/aromatic N) is 2. The van der Waals surface area contributed by atoms with Gasteiger partial charge in [0.25, 0.3) is 0 Å². The molecule has 1 atom stereocenters. The molecule has 2 rings (SSSR count). The molecule has 19 heavy (non-hydrogen) atoms. The van der Waals surface area contributed by atoms with Crippen molar-refractivity contribution in [3.8, 4) is 0 Å². The van der Waals surface area contributed by atoms with Gasteiger partial charge in [0.1, 0.15) is 0 Å². The van der Waals surface area contributed by atoms with E-state index in [1.54, 1.807) is 0 Å². The lowest BCUT2D eigenvalue weighted by Gasteiger charge is -2.17. The molecule has 0 saturated heterocycles. The van der Waals surface area contributed by atoms with Crippen LogP contribution in [0.25, 0.3) is 0 Å². The molecule has 0 amide bonds. The van der Waals surface area contributed by atoms with Gasteiger partial charge in [-0.2, -0.15) is 5.10 Å². The van der Waals surface area contributed by atoms with E-state index < -0.39 is 0 Å². The van der Waals surface area contributed by atoms with Crippen molar-refractivity contribution in [3.05, 3.63) is 52.3 Å². The van der Waals surface area contributed by atoms with E-state index in [4.69, 9.17) is 5.84 Å². The largest absolute Gasteiger partial charge is 0.273 e. The van der Waals surface area contributed by atoms with Crippen LogP contribution in [0.2, 0.25) is 0 Å². The van der Waals surface area contributed by atoms with E-state index in [0.29, 0.717) is 0 Å². The molecule has 0 radical (unpaired) electrons. The smallest absolute Gasteiger partial charge is 0.0540 e. The molecular formula is C15H22N4. The first-order valence-electron chi connectivity index (χ1n) is 6.53. The summed E-state index contributed by atoms with van der Waals surface area (Å²) in [5.41, 5.74) is 9.12. The predicted octanol–water partition coefficient (Wildman–Crippen LogP) is 2.09. The monoisotopic (exact) mass is 258 g/mol. The highest BCUT2D eigenvalue weighted by molar-refractivity contribution is 5.33. The summed E-state index contributed by atoms with van der Waals surface area (Å²) in [5, 5.41) is 4.29. The maximum absolute atomic E-state index is 5.73. The second kappa shape index (κ2) is 5.55. The lowest BCUT2D eigenvalue weighted by molar-refractivity contribution is 0.546. The van der Waals surface area contributed by atoms with Gasteiger partial charge < -0.3 is 0 Å². The Morgan fingerprint density at radius 2 is 2.05 bits per heavy atom. The van der Waals surface area contributed by atoms with E-state index in [0.717, 1.165) is 17.7 Å². The molecule has 4 heteroatoms. The van der Waals surface area contributed by atoms with E-state index in [1.807, 2.05) is 17.9 Å². The number of hydrogen-bond donors (Lipinski definition) is 2. The van der Waals surface area contributed by atoms with Gasteiger partial charge in [-0.15, -0.1) is 0 Å². The molecule has 0 fully saturated rings. The molecule has 0 aliphatic carbocycles. The van der Waals surface area contributed by atoms with E-state index in [1.165, 1.54) is 16.7 Å². The number of hydrogen-bond acceptors (Lipinski definition) is 3. The summed E-state index contributed by atoms with van der Waals surface area (Å²) >= 11 is 0. The van der Waals surface area contributed by atoms with E-state index >= 15 is 0 Å². The Bertz CT molecular complexity index is 572. The molecule has 0 bridgehead atoms. The van der Waals surface area contributed by atoms with Crippen LogP contribution in [0.3, 0.4) is 0 Å². The van der Waals surface area contributed by atoms with Crippen LogP contribution in [-0.4, -0.2) is 9.78 Å². The SMILES string of the molecule is Cc1ccc(C)c(CC(NN)c2cnn(C)c2C)c1. The zero-order valence-electron chi connectivity index (χ0n) is 12.1. The molecule has 2 aromatic rings. The standard InChI is InChI=1S/C15H22N4/c1-10-5-6-11(2)13(7-10)8-15(18-16)14-9-17-19(4)12(14)3/h5-7,9,15,18H,8,16H2,1-4H3. The van der Waals surface area contributed by atoms with Crippen molar-refractivity contribution in [2.24, 2.45) is 12.9 Å². The number of hydrazine groups is 1. The molecule has 102 valence electrons. The van der Waals surface area contributed by atoms with Gasteiger partial charge in [-0.25, -0.2) is 0 Å². The molecule has 3 N–H and O–H groups in total. The summed E-state index contributed by atoms with van der Waals surface area (Å²) in [7, 11) is 1.95. The second-order valence-corrected chi connectivity index (χ2v) is 5.16. The van der Waals surface area contributed by atoms with Crippen molar-refractivity contribution in [2.45, 2.75) is 33.2 Å². The Morgan fingerprint density at radius 1 is 1.32 bits per heavy atom. The third-order valence-electron chi connectivity index (χ3n) is 3.78. The third kappa shape index (κ3) is 2.85. The van der Waals surface area contributed by atoms with E-state index in [-0.39, 0.29) is 6.04 Å². The number of rotatable bonds is 4. The van der Waals surface area contributed by atoms with Crippen LogP contribution in [0.5, 0.6) is 0 Å². The van der Waals surface area contributed by atoms with E-state index in [9.17, 15) is 0 Å². The number of nitrogens with two attached hydrogens (primary N) is 1. The van der Waals surface area contributed by atoms with Crippen molar-refractivity contribution in [3.63, 3.8) is 0 Å². The van der Waals surface area contributed by atoms with Gasteiger partial charge in [0.15, 0.2) is 0 Å². The van der Waals surface area contributed by atoms with Crippen LogP contribution >= 0.6 is 0 Å². The first-order chi connectivity index (χ1) is 9.02. The summed E-state index contributed by atoms with van der Waals surface area (Å²) in [6.45, 7) is 6.32. The Balaban J connectivity index is 2.29. The Hall–Kier alpha value is -1.65. The lowest BCUT2D eigenvalue weighted by Crippen LogP contribution is -2.30. The average Bonchev–Trinajstić information content (AvgIpc) is 2.71. The van der Waals surface area contributed by atoms with Crippen molar-refractivity contribution < 1.29 is 0 Å². The number of nitrogens with one attached hydrogen (secondary N) is 1. The minimum atomic E-state index is 0.0919. The fourth-order valence-electron chi connectivity index (χ4n) is 2.36. The molecule has 1 unspecified atom stereocenters. The third-order valence-corrected chi connectivity index (χ3v) is 3.78. The van der Waals surface area contributed by atoms with Crippen LogP contribution in [0.15, 0.2) is 24.4 Å². The van der Waals surface area contributed by atoms with Crippen molar-refractivity contribution in [2.75, 3.05) is 0 Å². The predicted molar refractivity (Wildman–Crippen MR) is 77.6 cm³/mol.